The van der Waals surface area contributed by atoms with E-state index in [0.29, 0.717) is 27.0 Å². The third kappa shape index (κ3) is 5.98. The van der Waals surface area contributed by atoms with Crippen molar-refractivity contribution in [3.63, 3.8) is 0 Å². The van der Waals surface area contributed by atoms with Crippen molar-refractivity contribution in [3.8, 4) is 0 Å². The normalized spacial score (nSPS) is 11.8. The Morgan fingerprint density at radius 2 is 1.58 bits per heavy atom. The van der Waals surface area contributed by atoms with E-state index in [1.807, 2.05) is 0 Å². The lowest BCUT2D eigenvalue weighted by Gasteiger charge is -2.09. The van der Waals surface area contributed by atoms with Gasteiger partial charge in [-0.25, -0.2) is 0 Å². The van der Waals surface area contributed by atoms with Crippen LogP contribution < -0.4 is 10.1 Å². The van der Waals surface area contributed by atoms with Gasteiger partial charge in [-0.3, -0.25) is 4.79 Å². The average molecular weight is 497 g/mol. The van der Waals surface area contributed by atoms with Crippen LogP contribution in [0.1, 0.15) is 22.8 Å². The Labute approximate surface area is 194 Å². The second-order valence-corrected chi connectivity index (χ2v) is 9.35. The van der Waals surface area contributed by atoms with Gasteiger partial charge >= 0.3 is 0 Å². The summed E-state index contributed by atoms with van der Waals surface area (Å²) < 4.78 is 24.7. The van der Waals surface area contributed by atoms with Gasteiger partial charge in [-0.1, -0.05) is 46.9 Å². The van der Waals surface area contributed by atoms with Crippen LogP contribution >= 0.6 is 34.8 Å². The molecule has 0 aliphatic rings. The quantitative estimate of drug-likeness (QED) is 0.344. The minimum atomic E-state index is -3.84. The zero-order chi connectivity index (χ0) is 22.6. The molecule has 0 saturated carbocycles. The average Bonchev–Trinajstić information content (AvgIpc) is 2.72. The number of sulfonamides is 1. The van der Waals surface area contributed by atoms with Crippen molar-refractivity contribution >= 4 is 62.1 Å². The third-order valence-electron chi connectivity index (χ3n) is 4.17. The second-order valence-electron chi connectivity index (χ2n) is 6.40. The largest absolute Gasteiger partial charge is 0.322 e. The van der Waals surface area contributed by atoms with Crippen molar-refractivity contribution < 1.29 is 13.2 Å². The highest BCUT2D eigenvalue weighted by Crippen LogP contribution is 2.22. The van der Waals surface area contributed by atoms with Crippen LogP contribution in [0.5, 0.6) is 0 Å². The van der Waals surface area contributed by atoms with Crippen LogP contribution in [0.2, 0.25) is 15.1 Å². The number of nitrogens with one attached hydrogen (secondary N) is 2. The van der Waals surface area contributed by atoms with Crippen LogP contribution in [0, 0.1) is 0 Å². The van der Waals surface area contributed by atoms with Crippen molar-refractivity contribution in [2.75, 3.05) is 5.32 Å². The van der Waals surface area contributed by atoms with E-state index in [1.54, 1.807) is 37.3 Å². The minimum absolute atomic E-state index is 0.0364. The number of halogens is 3. The van der Waals surface area contributed by atoms with Gasteiger partial charge in [0.2, 0.25) is 0 Å². The molecule has 0 heterocycles. The molecule has 0 atom stereocenters. The van der Waals surface area contributed by atoms with Crippen LogP contribution in [0.25, 0.3) is 0 Å². The van der Waals surface area contributed by atoms with Gasteiger partial charge in [0, 0.05) is 15.7 Å². The SMILES string of the molecule is C/C(=N/NS(=O)(=O)c1ccc(Cl)cc1)c1cccc(NC(=O)c2ccc(Cl)cc2Cl)c1. The fourth-order valence-electron chi connectivity index (χ4n) is 2.55. The molecule has 0 spiro atoms. The van der Waals surface area contributed by atoms with Crippen LogP contribution in [-0.4, -0.2) is 20.0 Å². The van der Waals surface area contributed by atoms with E-state index in [0.717, 1.165) is 0 Å². The Morgan fingerprint density at radius 3 is 2.26 bits per heavy atom. The summed E-state index contributed by atoms with van der Waals surface area (Å²) in [5.74, 6) is -0.406. The first-order chi connectivity index (χ1) is 14.7. The molecular weight excluding hydrogens is 481 g/mol. The Balaban J connectivity index is 1.75. The molecular formula is C21H16Cl3N3O3S. The first-order valence-corrected chi connectivity index (χ1v) is 11.5. The number of nitrogens with zero attached hydrogens (tertiary/aromatic N) is 1. The van der Waals surface area contributed by atoms with Gasteiger partial charge in [0.05, 0.1) is 21.2 Å². The number of carbonyl (C=O) groups is 1. The molecule has 3 aromatic carbocycles. The molecule has 0 aromatic heterocycles. The summed E-state index contributed by atoms with van der Waals surface area (Å²) in [5.41, 5.74) is 1.78. The lowest BCUT2D eigenvalue weighted by molar-refractivity contribution is 0.102. The van der Waals surface area contributed by atoms with E-state index < -0.39 is 15.9 Å². The molecule has 6 nitrogen and oxygen atoms in total. The van der Waals surface area contributed by atoms with Gasteiger partial charge in [-0.2, -0.15) is 18.4 Å². The van der Waals surface area contributed by atoms with Crippen LogP contribution in [0.15, 0.2) is 76.7 Å². The second kappa shape index (κ2) is 9.70. The molecule has 2 N–H and O–H groups in total. The molecule has 3 aromatic rings. The smallest absolute Gasteiger partial charge is 0.276 e. The predicted octanol–water partition coefficient (Wildman–Crippen LogP) is 5.60. The van der Waals surface area contributed by atoms with Gasteiger partial charge in [0.1, 0.15) is 0 Å². The summed E-state index contributed by atoms with van der Waals surface area (Å²) in [5, 5.41) is 7.80. The Kier molecular flexibility index (Phi) is 7.23. The minimum Gasteiger partial charge on any atom is -0.322 e. The number of hydrogen-bond donors (Lipinski definition) is 2. The van der Waals surface area contributed by atoms with Crippen LogP contribution in [0.4, 0.5) is 5.69 Å². The summed E-state index contributed by atoms with van der Waals surface area (Å²) in [7, 11) is -3.84. The molecule has 3 rings (SSSR count). The molecule has 160 valence electrons. The highest BCUT2D eigenvalue weighted by Gasteiger charge is 2.14. The number of hydrazone groups is 1. The number of carbonyl (C=O) groups excluding carboxylic acids is 1. The number of hydrogen-bond acceptors (Lipinski definition) is 4. The maximum absolute atomic E-state index is 12.5. The van der Waals surface area contributed by atoms with Gasteiger partial charge in [-0.05, 0) is 67.1 Å². The maximum Gasteiger partial charge on any atom is 0.276 e. The van der Waals surface area contributed by atoms with Crippen molar-refractivity contribution in [1.82, 2.24) is 4.83 Å². The predicted molar refractivity (Wildman–Crippen MR) is 125 cm³/mol. The van der Waals surface area contributed by atoms with Gasteiger partial charge in [0.25, 0.3) is 15.9 Å². The topological polar surface area (TPSA) is 87.6 Å². The van der Waals surface area contributed by atoms with E-state index in [-0.39, 0.29) is 15.5 Å². The highest BCUT2D eigenvalue weighted by molar-refractivity contribution is 7.89. The molecule has 0 radical (unpaired) electrons. The first-order valence-electron chi connectivity index (χ1n) is 8.84. The zero-order valence-corrected chi connectivity index (χ0v) is 19.1. The standard InChI is InChI=1S/C21H16Cl3N3O3S/c1-13(26-27-31(29,30)18-8-5-15(22)6-9-18)14-3-2-4-17(11-14)25-21(28)19-10-7-16(23)12-20(19)24/h2-12,27H,1H3,(H,25,28)/b26-13-. The third-order valence-corrected chi connectivity index (χ3v) is 6.20. The first kappa shape index (κ1) is 23.1. The van der Waals surface area contributed by atoms with E-state index >= 15 is 0 Å². The summed E-state index contributed by atoms with van der Waals surface area (Å²) in [6, 6.07) is 17.1. The summed E-state index contributed by atoms with van der Waals surface area (Å²) in [4.78, 5) is 14.7. The van der Waals surface area contributed by atoms with Crippen molar-refractivity contribution in [2.24, 2.45) is 5.10 Å². The fourth-order valence-corrected chi connectivity index (χ4v) is 4.03. The number of rotatable bonds is 6. The van der Waals surface area contributed by atoms with Crippen molar-refractivity contribution in [1.29, 1.82) is 0 Å². The van der Waals surface area contributed by atoms with Gasteiger partial charge in [-0.15, -0.1) is 0 Å². The molecule has 31 heavy (non-hydrogen) atoms. The molecule has 1 amide bonds. The Hall–Kier alpha value is -2.58. The Bertz CT molecular complexity index is 1260. The van der Waals surface area contributed by atoms with E-state index in [4.69, 9.17) is 34.8 Å². The van der Waals surface area contributed by atoms with E-state index in [2.05, 4.69) is 15.2 Å². The Morgan fingerprint density at radius 1 is 0.903 bits per heavy atom. The summed E-state index contributed by atoms with van der Waals surface area (Å²) in [6.07, 6.45) is 0. The highest BCUT2D eigenvalue weighted by atomic mass is 35.5. The molecule has 0 aliphatic heterocycles. The van der Waals surface area contributed by atoms with Crippen molar-refractivity contribution in [2.45, 2.75) is 11.8 Å². The summed E-state index contributed by atoms with van der Waals surface area (Å²) in [6.45, 7) is 1.64. The van der Waals surface area contributed by atoms with Crippen LogP contribution in [0.3, 0.4) is 0 Å². The lowest BCUT2D eigenvalue weighted by atomic mass is 10.1. The van der Waals surface area contributed by atoms with Gasteiger partial charge < -0.3 is 5.32 Å². The molecule has 0 fully saturated rings. The summed E-state index contributed by atoms with van der Waals surface area (Å²) >= 11 is 17.7. The molecule has 0 saturated heterocycles. The molecule has 0 unspecified atom stereocenters. The number of amides is 1. The zero-order valence-electron chi connectivity index (χ0n) is 16.1. The van der Waals surface area contributed by atoms with Gasteiger partial charge in [0.15, 0.2) is 0 Å². The monoisotopic (exact) mass is 495 g/mol. The van der Waals surface area contributed by atoms with E-state index in [1.165, 1.54) is 36.4 Å². The fraction of sp³-hybridized carbons (Fsp3) is 0.0476. The molecule has 10 heteroatoms. The lowest BCUT2D eigenvalue weighted by Crippen LogP contribution is -2.20. The van der Waals surface area contributed by atoms with E-state index in [9.17, 15) is 13.2 Å². The van der Waals surface area contributed by atoms with Crippen molar-refractivity contribution in [3.05, 3.63) is 92.9 Å². The molecule has 0 aliphatic carbocycles. The van der Waals surface area contributed by atoms with Crippen LogP contribution in [-0.2, 0) is 10.0 Å². The molecule has 0 bridgehead atoms. The number of anilines is 1. The maximum atomic E-state index is 12.5. The number of benzene rings is 3.